The molecule has 31 heavy (non-hydrogen) atoms. The lowest BCUT2D eigenvalue weighted by Crippen LogP contribution is -2.62. The molecule has 0 radical (unpaired) electrons. The van der Waals surface area contributed by atoms with E-state index in [0.29, 0.717) is 16.0 Å². The number of piperazine rings is 1. The SMILES string of the molecule is Cc1ccc([N+]2(C[C@@H]3CCC[C@H]3C(N)=O)CCN(Cc3ccc(Cl)c(Cl)c3)CC2)cc1. The number of rotatable bonds is 6. The molecule has 0 aromatic heterocycles. The molecule has 0 bridgehead atoms. The summed E-state index contributed by atoms with van der Waals surface area (Å²) in [5.41, 5.74) is 9.57. The Hall–Kier alpha value is -1.59. The van der Waals surface area contributed by atoms with Crippen LogP contribution in [0, 0.1) is 18.8 Å². The molecule has 0 spiro atoms. The molecule has 6 heteroatoms. The molecule has 2 atom stereocenters. The Morgan fingerprint density at radius 3 is 2.42 bits per heavy atom. The number of hydrogen-bond donors (Lipinski definition) is 1. The first-order valence-electron chi connectivity index (χ1n) is 11.3. The van der Waals surface area contributed by atoms with Gasteiger partial charge in [-0.2, -0.15) is 0 Å². The van der Waals surface area contributed by atoms with Crippen molar-refractivity contribution in [3.63, 3.8) is 0 Å². The van der Waals surface area contributed by atoms with Crippen molar-refractivity contribution >= 4 is 34.8 Å². The lowest BCUT2D eigenvalue weighted by molar-refractivity contribution is -0.123. The fraction of sp³-hybridized carbons (Fsp3) is 0.480. The van der Waals surface area contributed by atoms with Gasteiger partial charge >= 0.3 is 0 Å². The first kappa shape index (κ1) is 22.6. The van der Waals surface area contributed by atoms with Crippen LogP contribution in [0.25, 0.3) is 0 Å². The van der Waals surface area contributed by atoms with Crippen molar-refractivity contribution in [2.45, 2.75) is 32.7 Å². The van der Waals surface area contributed by atoms with Crippen LogP contribution in [-0.2, 0) is 11.3 Å². The quantitative estimate of drug-likeness (QED) is 0.614. The number of nitrogens with two attached hydrogens (primary N) is 1. The molecule has 2 aromatic rings. The number of amides is 1. The number of primary amides is 1. The van der Waals surface area contributed by atoms with E-state index in [1.807, 2.05) is 12.1 Å². The Kier molecular flexibility index (Phi) is 6.92. The molecule has 1 saturated heterocycles. The third kappa shape index (κ3) is 5.09. The summed E-state index contributed by atoms with van der Waals surface area (Å²) in [5, 5.41) is 1.21. The molecule has 0 unspecified atom stereocenters. The zero-order chi connectivity index (χ0) is 22.0. The number of hydrogen-bond acceptors (Lipinski definition) is 2. The summed E-state index contributed by atoms with van der Waals surface area (Å²) in [6.45, 7) is 8.07. The van der Waals surface area contributed by atoms with Gasteiger partial charge in [0.25, 0.3) is 0 Å². The highest BCUT2D eigenvalue weighted by molar-refractivity contribution is 6.42. The van der Waals surface area contributed by atoms with Crippen molar-refractivity contribution in [1.82, 2.24) is 9.38 Å². The monoisotopic (exact) mass is 460 g/mol. The topological polar surface area (TPSA) is 46.3 Å². The third-order valence-electron chi connectivity index (χ3n) is 7.27. The second-order valence-electron chi connectivity index (χ2n) is 9.33. The smallest absolute Gasteiger partial charge is 0.221 e. The molecule has 1 amide bonds. The van der Waals surface area contributed by atoms with E-state index in [0.717, 1.165) is 63.0 Å². The zero-order valence-corrected chi connectivity index (χ0v) is 19.7. The van der Waals surface area contributed by atoms with Crippen LogP contribution in [0.4, 0.5) is 5.69 Å². The van der Waals surface area contributed by atoms with Crippen LogP contribution < -0.4 is 10.2 Å². The maximum Gasteiger partial charge on any atom is 0.221 e. The van der Waals surface area contributed by atoms with Crippen molar-refractivity contribution < 1.29 is 4.79 Å². The van der Waals surface area contributed by atoms with Gasteiger partial charge in [0.05, 0.1) is 29.7 Å². The molecule has 1 saturated carbocycles. The fourth-order valence-corrected chi connectivity index (χ4v) is 5.75. The summed E-state index contributed by atoms with van der Waals surface area (Å²) < 4.78 is 0.937. The standard InChI is InChI=1S/C25H31Cl2N3O/c1-18-5-8-21(9-6-18)30(17-20-3-2-4-22(20)25(28)31)13-11-29(12-14-30)16-19-7-10-23(26)24(27)15-19/h5-10,15,20,22H,2-4,11-14,16-17H2,1H3,(H-,28,31)/p+1/t20-,22+/m0/s1. The summed E-state index contributed by atoms with van der Waals surface area (Å²) in [6, 6.07) is 14.9. The Labute approximate surface area is 195 Å². The van der Waals surface area contributed by atoms with E-state index in [1.54, 1.807) is 0 Å². The molecule has 166 valence electrons. The van der Waals surface area contributed by atoms with Crippen LogP contribution in [0.2, 0.25) is 10.0 Å². The second kappa shape index (κ2) is 9.50. The van der Waals surface area contributed by atoms with Crippen LogP contribution in [-0.4, -0.2) is 43.5 Å². The summed E-state index contributed by atoms with van der Waals surface area (Å²) in [6.07, 6.45) is 3.15. The number of aryl methyl sites for hydroxylation is 1. The first-order valence-corrected chi connectivity index (χ1v) is 12.0. The van der Waals surface area contributed by atoms with E-state index in [9.17, 15) is 4.79 Å². The Morgan fingerprint density at radius 2 is 1.77 bits per heavy atom. The number of quaternary nitrogens is 1. The normalized spacial score (nSPS) is 23.7. The highest BCUT2D eigenvalue weighted by Gasteiger charge is 2.42. The van der Waals surface area contributed by atoms with Crippen LogP contribution in [0.5, 0.6) is 0 Å². The lowest BCUT2D eigenvalue weighted by atomic mass is 9.93. The number of benzene rings is 2. The van der Waals surface area contributed by atoms with Crippen LogP contribution in [0.3, 0.4) is 0 Å². The van der Waals surface area contributed by atoms with Crippen molar-refractivity contribution in [2.75, 3.05) is 32.7 Å². The number of carbonyl (C=O) groups is 1. The summed E-state index contributed by atoms with van der Waals surface area (Å²) in [5.74, 6) is 0.276. The summed E-state index contributed by atoms with van der Waals surface area (Å²) in [4.78, 5) is 14.5. The van der Waals surface area contributed by atoms with E-state index in [-0.39, 0.29) is 11.8 Å². The Balaban J connectivity index is 1.51. The largest absolute Gasteiger partial charge is 0.369 e. The average molecular weight is 461 g/mol. The van der Waals surface area contributed by atoms with Crippen molar-refractivity contribution in [1.29, 1.82) is 0 Å². The minimum absolute atomic E-state index is 0.0229. The average Bonchev–Trinajstić information content (AvgIpc) is 3.21. The predicted molar refractivity (Wildman–Crippen MR) is 129 cm³/mol. The first-order chi connectivity index (χ1) is 14.9. The fourth-order valence-electron chi connectivity index (χ4n) is 5.43. The van der Waals surface area contributed by atoms with Gasteiger partial charge in [-0.05, 0) is 49.6 Å². The van der Waals surface area contributed by atoms with E-state index < -0.39 is 0 Å². The molecule has 1 heterocycles. The van der Waals surface area contributed by atoms with Crippen LogP contribution in [0.15, 0.2) is 42.5 Å². The van der Waals surface area contributed by atoms with E-state index >= 15 is 0 Å². The van der Waals surface area contributed by atoms with Crippen molar-refractivity contribution in [3.8, 4) is 0 Å². The number of carbonyl (C=O) groups excluding carboxylic acids is 1. The maximum atomic E-state index is 12.0. The molecule has 2 aromatic carbocycles. The van der Waals surface area contributed by atoms with E-state index in [2.05, 4.69) is 42.2 Å². The minimum Gasteiger partial charge on any atom is -0.369 e. The van der Waals surface area contributed by atoms with Crippen molar-refractivity contribution in [3.05, 3.63) is 63.6 Å². The van der Waals surface area contributed by atoms with Gasteiger partial charge in [-0.3, -0.25) is 14.2 Å². The zero-order valence-electron chi connectivity index (χ0n) is 18.2. The Bertz CT molecular complexity index is 923. The molecule has 2 aliphatic rings. The molecule has 4 rings (SSSR count). The van der Waals surface area contributed by atoms with Crippen LogP contribution in [0.1, 0.15) is 30.4 Å². The van der Waals surface area contributed by atoms with Gasteiger partial charge in [0, 0.05) is 31.5 Å². The van der Waals surface area contributed by atoms with Gasteiger partial charge in [-0.1, -0.05) is 53.4 Å². The second-order valence-corrected chi connectivity index (χ2v) is 10.1. The molecular weight excluding hydrogens is 429 g/mol. The van der Waals surface area contributed by atoms with Gasteiger partial charge in [-0.15, -0.1) is 0 Å². The van der Waals surface area contributed by atoms with Gasteiger partial charge in [0.2, 0.25) is 5.91 Å². The van der Waals surface area contributed by atoms with Crippen LogP contribution >= 0.6 is 23.2 Å². The molecule has 2 fully saturated rings. The third-order valence-corrected chi connectivity index (χ3v) is 8.01. The van der Waals surface area contributed by atoms with Gasteiger partial charge in [0.15, 0.2) is 0 Å². The highest BCUT2D eigenvalue weighted by atomic mass is 35.5. The molecule has 1 aliphatic heterocycles. The molecular formula is C25H32Cl2N3O+. The predicted octanol–water partition coefficient (Wildman–Crippen LogP) is 5.03. The maximum absolute atomic E-state index is 12.0. The molecule has 4 nitrogen and oxygen atoms in total. The van der Waals surface area contributed by atoms with Gasteiger partial charge < -0.3 is 5.73 Å². The highest BCUT2D eigenvalue weighted by Crippen LogP contribution is 2.37. The van der Waals surface area contributed by atoms with Crippen molar-refractivity contribution in [2.24, 2.45) is 17.6 Å². The Morgan fingerprint density at radius 1 is 1.06 bits per heavy atom. The van der Waals surface area contributed by atoms with E-state index in [1.165, 1.54) is 16.8 Å². The summed E-state index contributed by atoms with van der Waals surface area (Å²) >= 11 is 12.3. The number of nitrogens with zero attached hydrogens (tertiary/aromatic N) is 2. The van der Waals surface area contributed by atoms with Gasteiger partial charge in [0.1, 0.15) is 5.69 Å². The van der Waals surface area contributed by atoms with Gasteiger partial charge in [-0.25, -0.2) is 0 Å². The molecule has 2 N–H and O–H groups in total. The molecule has 1 aliphatic carbocycles. The minimum atomic E-state index is -0.122. The summed E-state index contributed by atoms with van der Waals surface area (Å²) in [7, 11) is 0. The number of halogens is 2. The lowest BCUT2D eigenvalue weighted by Gasteiger charge is -2.46. The van der Waals surface area contributed by atoms with E-state index in [4.69, 9.17) is 28.9 Å².